The Balaban J connectivity index is 2.01. The van der Waals surface area contributed by atoms with Crippen LogP contribution in [-0.4, -0.2) is 49.3 Å². The van der Waals surface area contributed by atoms with Crippen molar-refractivity contribution in [2.75, 3.05) is 28.4 Å². The number of methoxy groups -OCH3 is 3. The number of carbonyl (C=O) groups excluding carboxylic acids is 1. The zero-order valence-electron chi connectivity index (χ0n) is 14.8. The molecule has 1 heterocycles. The monoisotopic (exact) mass is 346 g/mol. The first-order chi connectivity index (χ1) is 12.1. The van der Waals surface area contributed by atoms with E-state index in [0.717, 1.165) is 5.56 Å². The number of nitrogens with one attached hydrogen (secondary N) is 1. The fourth-order valence-corrected chi connectivity index (χ4v) is 2.28. The molecule has 0 aliphatic rings. The Bertz CT molecular complexity index is 684. The van der Waals surface area contributed by atoms with Gasteiger partial charge >= 0.3 is 6.03 Å². The first-order valence-corrected chi connectivity index (χ1v) is 7.61. The van der Waals surface area contributed by atoms with Gasteiger partial charge in [0.05, 0.1) is 39.8 Å². The number of amides is 2. The molecule has 0 saturated carbocycles. The molecule has 1 aromatic heterocycles. The highest BCUT2D eigenvalue weighted by Gasteiger charge is 2.14. The number of hydrogen-bond donors (Lipinski definition) is 1. The summed E-state index contributed by atoms with van der Waals surface area (Å²) in [5, 5.41) is 2.85. The molecule has 8 heteroatoms. The number of rotatable bonds is 7. The van der Waals surface area contributed by atoms with Crippen LogP contribution in [0.3, 0.4) is 0 Å². The highest BCUT2D eigenvalue weighted by Crippen LogP contribution is 2.38. The number of hydrogen-bond acceptors (Lipinski definition) is 6. The molecule has 2 aromatic rings. The van der Waals surface area contributed by atoms with Gasteiger partial charge in [0.1, 0.15) is 0 Å². The molecule has 2 amide bonds. The van der Waals surface area contributed by atoms with Gasteiger partial charge < -0.3 is 24.4 Å². The van der Waals surface area contributed by atoms with Crippen LogP contribution in [0.5, 0.6) is 17.2 Å². The average molecular weight is 346 g/mol. The van der Waals surface area contributed by atoms with Crippen LogP contribution in [0.2, 0.25) is 0 Å². The first kappa shape index (κ1) is 18.3. The minimum Gasteiger partial charge on any atom is -0.493 e. The molecule has 0 radical (unpaired) electrons. The van der Waals surface area contributed by atoms with Crippen molar-refractivity contribution >= 4 is 6.03 Å². The van der Waals surface area contributed by atoms with E-state index in [0.29, 0.717) is 36.0 Å². The lowest BCUT2D eigenvalue weighted by Gasteiger charge is -2.18. The Morgan fingerprint density at radius 2 is 1.80 bits per heavy atom. The molecule has 1 aromatic carbocycles. The highest BCUT2D eigenvalue weighted by molar-refractivity contribution is 5.73. The molecule has 0 atom stereocenters. The van der Waals surface area contributed by atoms with Gasteiger partial charge in [-0.2, -0.15) is 0 Å². The quantitative estimate of drug-likeness (QED) is 0.823. The van der Waals surface area contributed by atoms with Crippen LogP contribution in [0.1, 0.15) is 11.3 Å². The fourth-order valence-electron chi connectivity index (χ4n) is 2.28. The summed E-state index contributed by atoms with van der Waals surface area (Å²) in [4.78, 5) is 21.9. The van der Waals surface area contributed by atoms with Crippen LogP contribution < -0.4 is 19.5 Å². The number of ether oxygens (including phenoxy) is 3. The van der Waals surface area contributed by atoms with Gasteiger partial charge in [-0.3, -0.25) is 9.97 Å². The van der Waals surface area contributed by atoms with E-state index in [2.05, 4.69) is 15.3 Å². The molecule has 0 bridgehead atoms. The second-order valence-electron chi connectivity index (χ2n) is 5.25. The van der Waals surface area contributed by atoms with Gasteiger partial charge in [0.2, 0.25) is 5.75 Å². The lowest BCUT2D eigenvalue weighted by molar-refractivity contribution is 0.206. The Kier molecular flexibility index (Phi) is 6.39. The number of aromatic nitrogens is 2. The van der Waals surface area contributed by atoms with E-state index in [9.17, 15) is 4.79 Å². The van der Waals surface area contributed by atoms with Gasteiger partial charge in [-0.25, -0.2) is 4.79 Å². The van der Waals surface area contributed by atoms with Crippen molar-refractivity contribution in [2.45, 2.75) is 13.1 Å². The van der Waals surface area contributed by atoms with E-state index < -0.39 is 0 Å². The Morgan fingerprint density at radius 3 is 2.32 bits per heavy atom. The van der Waals surface area contributed by atoms with Crippen LogP contribution in [0.15, 0.2) is 30.7 Å². The van der Waals surface area contributed by atoms with Crippen molar-refractivity contribution in [2.24, 2.45) is 0 Å². The molecule has 0 aliphatic heterocycles. The van der Waals surface area contributed by atoms with Crippen molar-refractivity contribution in [3.63, 3.8) is 0 Å². The third-order valence-corrected chi connectivity index (χ3v) is 3.53. The molecule has 8 nitrogen and oxygen atoms in total. The molecule has 0 spiro atoms. The van der Waals surface area contributed by atoms with Gasteiger partial charge in [0, 0.05) is 26.0 Å². The van der Waals surface area contributed by atoms with E-state index in [4.69, 9.17) is 14.2 Å². The summed E-state index contributed by atoms with van der Waals surface area (Å²) in [5.41, 5.74) is 1.55. The van der Waals surface area contributed by atoms with Crippen molar-refractivity contribution in [1.29, 1.82) is 0 Å². The molecule has 2 rings (SSSR count). The number of urea groups is 1. The summed E-state index contributed by atoms with van der Waals surface area (Å²) in [5.74, 6) is 1.60. The van der Waals surface area contributed by atoms with Gasteiger partial charge in [-0.05, 0) is 17.7 Å². The van der Waals surface area contributed by atoms with Gasteiger partial charge in [0.25, 0.3) is 0 Å². The molecule has 0 saturated heterocycles. The minimum absolute atomic E-state index is 0.223. The molecule has 25 heavy (non-hydrogen) atoms. The summed E-state index contributed by atoms with van der Waals surface area (Å²) in [6.45, 7) is 0.690. The zero-order valence-corrected chi connectivity index (χ0v) is 14.8. The Labute approximate surface area is 146 Å². The fraction of sp³-hybridized carbons (Fsp3) is 0.353. The molecular formula is C17H22N4O4. The van der Waals surface area contributed by atoms with Gasteiger partial charge in [-0.15, -0.1) is 0 Å². The number of benzene rings is 1. The summed E-state index contributed by atoms with van der Waals surface area (Å²) < 4.78 is 15.9. The van der Waals surface area contributed by atoms with E-state index >= 15 is 0 Å². The predicted molar refractivity (Wildman–Crippen MR) is 91.8 cm³/mol. The zero-order chi connectivity index (χ0) is 18.2. The maximum atomic E-state index is 12.2. The average Bonchev–Trinajstić information content (AvgIpc) is 2.65. The van der Waals surface area contributed by atoms with Crippen molar-refractivity contribution in [1.82, 2.24) is 20.2 Å². The third-order valence-electron chi connectivity index (χ3n) is 3.53. The van der Waals surface area contributed by atoms with Gasteiger partial charge in [-0.1, -0.05) is 0 Å². The normalized spacial score (nSPS) is 10.1. The van der Waals surface area contributed by atoms with Crippen LogP contribution in [0.25, 0.3) is 0 Å². The van der Waals surface area contributed by atoms with Crippen molar-refractivity contribution in [3.05, 3.63) is 42.0 Å². The SMILES string of the molecule is COc1cc(CNC(=O)N(C)Cc2cnccn2)cc(OC)c1OC. The Hall–Kier alpha value is -3.03. The summed E-state index contributed by atoms with van der Waals surface area (Å²) in [7, 11) is 6.34. The highest BCUT2D eigenvalue weighted by atomic mass is 16.5. The van der Waals surface area contributed by atoms with E-state index in [1.54, 1.807) is 59.1 Å². The molecule has 1 N–H and O–H groups in total. The van der Waals surface area contributed by atoms with Crippen molar-refractivity contribution < 1.29 is 19.0 Å². The maximum absolute atomic E-state index is 12.2. The van der Waals surface area contributed by atoms with E-state index in [1.165, 1.54) is 4.90 Å². The summed E-state index contributed by atoms with van der Waals surface area (Å²) >= 11 is 0. The molecule has 0 unspecified atom stereocenters. The second-order valence-corrected chi connectivity index (χ2v) is 5.25. The summed E-state index contributed by atoms with van der Waals surface area (Å²) in [6, 6.07) is 3.37. The Morgan fingerprint density at radius 1 is 1.12 bits per heavy atom. The van der Waals surface area contributed by atoms with Crippen LogP contribution in [0.4, 0.5) is 4.79 Å². The largest absolute Gasteiger partial charge is 0.493 e. The van der Waals surface area contributed by atoms with Crippen LogP contribution >= 0.6 is 0 Å². The molecule has 134 valence electrons. The summed E-state index contributed by atoms with van der Waals surface area (Å²) in [6.07, 6.45) is 4.81. The lowest BCUT2D eigenvalue weighted by atomic mass is 10.2. The van der Waals surface area contributed by atoms with Crippen LogP contribution in [-0.2, 0) is 13.1 Å². The molecule has 0 aliphatic carbocycles. The topological polar surface area (TPSA) is 85.8 Å². The molecular weight excluding hydrogens is 324 g/mol. The third kappa shape index (κ3) is 4.72. The first-order valence-electron chi connectivity index (χ1n) is 7.61. The second kappa shape index (κ2) is 8.72. The standard InChI is InChI=1S/C17H22N4O4/c1-21(11-13-10-18-5-6-19-13)17(22)20-9-12-7-14(23-2)16(25-4)15(8-12)24-3/h5-8,10H,9,11H2,1-4H3,(H,20,22). The van der Waals surface area contributed by atoms with Crippen LogP contribution in [0, 0.1) is 0 Å². The number of carbonyl (C=O) groups is 1. The number of nitrogens with zero attached hydrogens (tertiary/aromatic N) is 3. The maximum Gasteiger partial charge on any atom is 0.317 e. The van der Waals surface area contributed by atoms with E-state index in [-0.39, 0.29) is 6.03 Å². The smallest absolute Gasteiger partial charge is 0.317 e. The predicted octanol–water partition coefficient (Wildman–Crippen LogP) is 1.84. The molecule has 0 fully saturated rings. The van der Waals surface area contributed by atoms with E-state index in [1.807, 2.05) is 0 Å². The van der Waals surface area contributed by atoms with Crippen molar-refractivity contribution in [3.8, 4) is 17.2 Å². The minimum atomic E-state index is -0.223. The lowest BCUT2D eigenvalue weighted by Crippen LogP contribution is -2.36. The van der Waals surface area contributed by atoms with Gasteiger partial charge in [0.15, 0.2) is 11.5 Å².